The van der Waals surface area contributed by atoms with Crippen LogP contribution in [-0.4, -0.2) is 18.9 Å². The molecule has 1 amide bonds. The molecule has 0 atom stereocenters. The van der Waals surface area contributed by atoms with Crippen LogP contribution in [0.2, 0.25) is 0 Å². The number of furan rings is 1. The van der Waals surface area contributed by atoms with Crippen LogP contribution >= 0.6 is 0 Å². The Morgan fingerprint density at radius 2 is 2.10 bits per heavy atom. The third-order valence-electron chi connectivity index (χ3n) is 2.38. The highest BCUT2D eigenvalue weighted by Crippen LogP contribution is 2.21. The molecule has 0 aliphatic rings. The van der Waals surface area contributed by atoms with Gasteiger partial charge in [-0.3, -0.25) is 0 Å². The summed E-state index contributed by atoms with van der Waals surface area (Å²) < 4.78 is 22.9. The van der Waals surface area contributed by atoms with Gasteiger partial charge in [-0.2, -0.15) is 5.10 Å². The smallest absolute Gasteiger partial charge is 0.427 e. The molecule has 1 heterocycles. The number of amides is 1. The van der Waals surface area contributed by atoms with Gasteiger partial charge in [-0.05, 0) is 43.3 Å². The fourth-order valence-electron chi connectivity index (χ4n) is 1.50. The summed E-state index contributed by atoms with van der Waals surface area (Å²) >= 11 is 0. The molecule has 1 aromatic carbocycles. The quantitative estimate of drug-likeness (QED) is 0.689. The lowest BCUT2D eigenvalue weighted by Crippen LogP contribution is -2.18. The molecule has 6 heteroatoms. The molecular formula is C14H13FN2O3. The fourth-order valence-corrected chi connectivity index (χ4v) is 1.50. The van der Waals surface area contributed by atoms with E-state index in [0.29, 0.717) is 11.5 Å². The summed E-state index contributed by atoms with van der Waals surface area (Å²) in [7, 11) is 0. The SMILES string of the molecule is CCOC(=O)N/N=C/c1ccc(-c2ccc(F)cc2)o1. The van der Waals surface area contributed by atoms with Crippen molar-refractivity contribution in [1.29, 1.82) is 0 Å². The normalized spacial score (nSPS) is 10.7. The number of nitrogens with zero attached hydrogens (tertiary/aromatic N) is 1. The predicted octanol–water partition coefficient (Wildman–Crippen LogP) is 3.17. The molecule has 2 rings (SSSR count). The lowest BCUT2D eigenvalue weighted by molar-refractivity contribution is 0.152. The predicted molar refractivity (Wildman–Crippen MR) is 71.9 cm³/mol. The molecule has 2 aromatic rings. The van der Waals surface area contributed by atoms with E-state index in [9.17, 15) is 9.18 Å². The number of hydrazone groups is 1. The van der Waals surface area contributed by atoms with Crippen LogP contribution in [0.25, 0.3) is 11.3 Å². The van der Waals surface area contributed by atoms with Gasteiger partial charge < -0.3 is 9.15 Å². The third kappa shape index (κ3) is 3.68. The largest absolute Gasteiger partial charge is 0.455 e. The summed E-state index contributed by atoms with van der Waals surface area (Å²) in [5, 5.41) is 3.68. The van der Waals surface area contributed by atoms with E-state index in [2.05, 4.69) is 15.3 Å². The molecule has 0 radical (unpaired) electrons. The average Bonchev–Trinajstić information content (AvgIpc) is 2.89. The van der Waals surface area contributed by atoms with Crippen molar-refractivity contribution in [2.45, 2.75) is 6.92 Å². The summed E-state index contributed by atoms with van der Waals surface area (Å²) in [6, 6.07) is 9.37. The number of benzene rings is 1. The Bertz CT molecular complexity index is 605. The maximum Gasteiger partial charge on any atom is 0.427 e. The Labute approximate surface area is 115 Å². The Morgan fingerprint density at radius 1 is 1.35 bits per heavy atom. The van der Waals surface area contributed by atoms with Crippen molar-refractivity contribution in [3.63, 3.8) is 0 Å². The highest BCUT2D eigenvalue weighted by molar-refractivity contribution is 5.78. The van der Waals surface area contributed by atoms with Gasteiger partial charge in [-0.15, -0.1) is 0 Å². The van der Waals surface area contributed by atoms with Crippen LogP contribution in [0, 0.1) is 5.82 Å². The molecular weight excluding hydrogens is 263 g/mol. The second-order valence-electron chi connectivity index (χ2n) is 3.80. The second-order valence-corrected chi connectivity index (χ2v) is 3.80. The lowest BCUT2D eigenvalue weighted by atomic mass is 10.2. The molecule has 0 spiro atoms. The van der Waals surface area contributed by atoms with Gasteiger partial charge in [0.2, 0.25) is 0 Å². The van der Waals surface area contributed by atoms with Gasteiger partial charge in [0.15, 0.2) is 0 Å². The van der Waals surface area contributed by atoms with E-state index in [1.54, 1.807) is 31.2 Å². The van der Waals surface area contributed by atoms with E-state index in [1.165, 1.54) is 18.3 Å². The zero-order valence-electron chi connectivity index (χ0n) is 10.8. The molecule has 1 N–H and O–H groups in total. The van der Waals surface area contributed by atoms with Crippen molar-refractivity contribution >= 4 is 12.3 Å². The van der Waals surface area contributed by atoms with Crippen LogP contribution in [-0.2, 0) is 4.74 Å². The zero-order chi connectivity index (χ0) is 14.4. The maximum atomic E-state index is 12.8. The van der Waals surface area contributed by atoms with Gasteiger partial charge in [-0.1, -0.05) is 0 Å². The lowest BCUT2D eigenvalue weighted by Gasteiger charge is -1.98. The van der Waals surface area contributed by atoms with Crippen LogP contribution in [0.1, 0.15) is 12.7 Å². The van der Waals surface area contributed by atoms with E-state index in [4.69, 9.17) is 4.42 Å². The van der Waals surface area contributed by atoms with Gasteiger partial charge >= 0.3 is 6.09 Å². The van der Waals surface area contributed by atoms with E-state index < -0.39 is 6.09 Å². The monoisotopic (exact) mass is 276 g/mol. The van der Waals surface area contributed by atoms with Crippen molar-refractivity contribution in [2.75, 3.05) is 6.61 Å². The first-order valence-corrected chi connectivity index (χ1v) is 6.00. The summed E-state index contributed by atoms with van der Waals surface area (Å²) in [6.45, 7) is 1.97. The van der Waals surface area contributed by atoms with Crippen LogP contribution in [0.4, 0.5) is 9.18 Å². The highest BCUT2D eigenvalue weighted by Gasteiger charge is 2.03. The number of carbonyl (C=O) groups excluding carboxylic acids is 1. The van der Waals surface area contributed by atoms with Crippen LogP contribution in [0.15, 0.2) is 45.9 Å². The van der Waals surface area contributed by atoms with Gasteiger partial charge in [-0.25, -0.2) is 14.6 Å². The minimum atomic E-state index is -0.630. The third-order valence-corrected chi connectivity index (χ3v) is 2.38. The number of carbonyl (C=O) groups is 1. The molecule has 1 aromatic heterocycles. The Balaban J connectivity index is 2.00. The topological polar surface area (TPSA) is 63.8 Å². The van der Waals surface area contributed by atoms with Crippen molar-refractivity contribution in [2.24, 2.45) is 5.10 Å². The first kappa shape index (κ1) is 13.8. The van der Waals surface area contributed by atoms with Crippen molar-refractivity contribution in [3.8, 4) is 11.3 Å². The summed E-state index contributed by atoms with van der Waals surface area (Å²) in [6.07, 6.45) is 0.721. The summed E-state index contributed by atoms with van der Waals surface area (Å²) in [4.78, 5) is 11.0. The Morgan fingerprint density at radius 3 is 2.80 bits per heavy atom. The van der Waals surface area contributed by atoms with Crippen LogP contribution < -0.4 is 5.43 Å². The van der Waals surface area contributed by atoms with Crippen molar-refractivity contribution in [1.82, 2.24) is 5.43 Å². The summed E-state index contributed by atoms with van der Waals surface area (Å²) in [5.74, 6) is 0.740. The molecule has 0 unspecified atom stereocenters. The number of nitrogens with one attached hydrogen (secondary N) is 1. The molecule has 104 valence electrons. The molecule has 0 aliphatic carbocycles. The molecule has 0 fully saturated rings. The van der Waals surface area contributed by atoms with Gasteiger partial charge in [0.25, 0.3) is 0 Å². The first-order valence-electron chi connectivity index (χ1n) is 6.00. The first-order chi connectivity index (χ1) is 9.69. The standard InChI is InChI=1S/C14H13FN2O3/c1-2-19-14(18)17-16-9-12-7-8-13(20-12)10-3-5-11(15)6-4-10/h3-9H,2H2,1H3,(H,17,18)/b16-9+. The minimum absolute atomic E-state index is 0.275. The molecule has 5 nitrogen and oxygen atoms in total. The number of hydrogen-bond donors (Lipinski definition) is 1. The molecule has 0 saturated carbocycles. The highest BCUT2D eigenvalue weighted by atomic mass is 19.1. The summed E-state index contributed by atoms with van der Waals surface area (Å²) in [5.41, 5.74) is 2.94. The van der Waals surface area contributed by atoms with Gasteiger partial charge in [0.1, 0.15) is 17.3 Å². The molecule has 0 saturated heterocycles. The second kappa shape index (κ2) is 6.51. The Kier molecular flexibility index (Phi) is 4.49. The van der Waals surface area contributed by atoms with Gasteiger partial charge in [0, 0.05) is 5.56 Å². The van der Waals surface area contributed by atoms with Crippen LogP contribution in [0.3, 0.4) is 0 Å². The number of rotatable bonds is 4. The molecule has 20 heavy (non-hydrogen) atoms. The number of hydrogen-bond acceptors (Lipinski definition) is 4. The molecule has 0 bridgehead atoms. The number of halogens is 1. The van der Waals surface area contributed by atoms with Crippen molar-refractivity contribution < 1.29 is 18.3 Å². The number of ether oxygens (including phenoxy) is 1. The maximum absolute atomic E-state index is 12.8. The zero-order valence-corrected chi connectivity index (χ0v) is 10.8. The van der Waals surface area contributed by atoms with Crippen LogP contribution in [0.5, 0.6) is 0 Å². The van der Waals surface area contributed by atoms with E-state index >= 15 is 0 Å². The minimum Gasteiger partial charge on any atom is -0.455 e. The van der Waals surface area contributed by atoms with Gasteiger partial charge in [0.05, 0.1) is 12.8 Å². The average molecular weight is 276 g/mol. The Hall–Kier alpha value is -2.63. The van der Waals surface area contributed by atoms with Crippen molar-refractivity contribution in [3.05, 3.63) is 48.0 Å². The van der Waals surface area contributed by atoms with E-state index in [1.807, 2.05) is 0 Å². The fraction of sp³-hybridized carbons (Fsp3) is 0.143. The van der Waals surface area contributed by atoms with E-state index in [-0.39, 0.29) is 12.4 Å². The van der Waals surface area contributed by atoms with E-state index in [0.717, 1.165) is 5.56 Å². The molecule has 0 aliphatic heterocycles.